The van der Waals surface area contributed by atoms with Gasteiger partial charge in [0.05, 0.1) is 6.04 Å². The van der Waals surface area contributed by atoms with Gasteiger partial charge in [0.25, 0.3) is 0 Å². The van der Waals surface area contributed by atoms with Crippen LogP contribution in [0.3, 0.4) is 0 Å². The standard InChI is InChI=1S/C30H32N6O3/c1-5-24(38)35-18-17-34(20(3)37)19(2)26(35)29-33-25(27-28(31)32-15-16-36(27)29)21-11-13-23(14-12-21)30(4,39)22-9-7-6-8-10-22/h5-16,19,26,39H,1,17-18H2,2-4H3,(H2,31,32)/t19-,26?,30?/m0/s1. The quantitative estimate of drug-likeness (QED) is 0.386. The Kier molecular flexibility index (Phi) is 6.69. The second kappa shape index (κ2) is 9.99. The summed E-state index contributed by atoms with van der Waals surface area (Å²) >= 11 is 0. The number of carbonyl (C=O) groups is 2. The molecule has 1 saturated heterocycles. The predicted molar refractivity (Wildman–Crippen MR) is 149 cm³/mol. The molecule has 4 aromatic rings. The van der Waals surface area contributed by atoms with Gasteiger partial charge in [-0.05, 0) is 31.1 Å². The molecule has 2 amide bonds. The monoisotopic (exact) mass is 524 g/mol. The summed E-state index contributed by atoms with van der Waals surface area (Å²) in [5, 5.41) is 11.3. The number of rotatable bonds is 5. The number of amides is 2. The van der Waals surface area contributed by atoms with Gasteiger partial charge in [0.2, 0.25) is 11.8 Å². The fourth-order valence-corrected chi connectivity index (χ4v) is 5.53. The minimum absolute atomic E-state index is 0.0680. The predicted octanol–water partition coefficient (Wildman–Crippen LogP) is 3.54. The van der Waals surface area contributed by atoms with Gasteiger partial charge in [-0.3, -0.25) is 14.0 Å². The van der Waals surface area contributed by atoms with Crippen molar-refractivity contribution in [1.82, 2.24) is 24.2 Å². The smallest absolute Gasteiger partial charge is 0.246 e. The van der Waals surface area contributed by atoms with Crippen molar-refractivity contribution in [3.05, 3.63) is 96.6 Å². The van der Waals surface area contributed by atoms with Gasteiger partial charge in [0, 0.05) is 38.0 Å². The Labute approximate surface area is 227 Å². The Hall–Kier alpha value is -4.50. The number of carbonyl (C=O) groups excluding carboxylic acids is 2. The van der Waals surface area contributed by atoms with Crippen LogP contribution in [0.4, 0.5) is 5.82 Å². The number of nitrogen functional groups attached to an aromatic ring is 1. The molecule has 2 unspecified atom stereocenters. The van der Waals surface area contributed by atoms with Gasteiger partial charge in [0.15, 0.2) is 0 Å². The van der Waals surface area contributed by atoms with Gasteiger partial charge in [-0.1, -0.05) is 61.2 Å². The number of piperazine rings is 1. The van der Waals surface area contributed by atoms with E-state index in [0.29, 0.717) is 35.9 Å². The summed E-state index contributed by atoms with van der Waals surface area (Å²) in [6, 6.07) is 16.1. The molecule has 2 aromatic carbocycles. The van der Waals surface area contributed by atoms with Gasteiger partial charge in [0.1, 0.15) is 34.5 Å². The zero-order valence-corrected chi connectivity index (χ0v) is 22.3. The van der Waals surface area contributed by atoms with Crippen molar-refractivity contribution in [3.63, 3.8) is 0 Å². The van der Waals surface area contributed by atoms with Crippen molar-refractivity contribution in [2.24, 2.45) is 0 Å². The molecule has 1 fully saturated rings. The van der Waals surface area contributed by atoms with Crippen molar-refractivity contribution in [1.29, 1.82) is 0 Å². The van der Waals surface area contributed by atoms with Gasteiger partial charge in [-0.25, -0.2) is 9.97 Å². The summed E-state index contributed by atoms with van der Waals surface area (Å²) in [5.41, 5.74) is 8.69. The molecule has 2 aromatic heterocycles. The van der Waals surface area contributed by atoms with E-state index in [0.717, 1.165) is 16.7 Å². The van der Waals surface area contributed by atoms with E-state index in [1.807, 2.05) is 65.9 Å². The highest BCUT2D eigenvalue weighted by Crippen LogP contribution is 2.37. The molecule has 1 aliphatic heterocycles. The largest absolute Gasteiger partial charge is 0.382 e. The van der Waals surface area contributed by atoms with E-state index in [4.69, 9.17) is 10.7 Å². The molecule has 9 heteroatoms. The molecular weight excluding hydrogens is 492 g/mol. The van der Waals surface area contributed by atoms with Crippen LogP contribution in [-0.2, 0) is 15.2 Å². The summed E-state index contributed by atoms with van der Waals surface area (Å²) in [6.07, 6.45) is 4.64. The zero-order chi connectivity index (χ0) is 27.9. The molecule has 1 aliphatic rings. The van der Waals surface area contributed by atoms with Crippen LogP contribution in [0.25, 0.3) is 16.8 Å². The first kappa shape index (κ1) is 26.1. The number of aliphatic hydroxyl groups is 1. The minimum atomic E-state index is -1.18. The highest BCUT2D eigenvalue weighted by atomic mass is 16.3. The van der Waals surface area contributed by atoms with Crippen molar-refractivity contribution in [2.45, 2.75) is 38.5 Å². The molecular formula is C30H32N6O3. The van der Waals surface area contributed by atoms with Crippen molar-refractivity contribution in [3.8, 4) is 11.3 Å². The molecule has 39 heavy (non-hydrogen) atoms. The van der Waals surface area contributed by atoms with Gasteiger partial charge in [-0.15, -0.1) is 0 Å². The first-order valence-electron chi connectivity index (χ1n) is 12.9. The van der Waals surface area contributed by atoms with Crippen LogP contribution in [0.5, 0.6) is 0 Å². The van der Waals surface area contributed by atoms with Crippen LogP contribution in [0.15, 0.2) is 79.6 Å². The Morgan fingerprint density at radius 2 is 1.72 bits per heavy atom. The minimum Gasteiger partial charge on any atom is -0.382 e. The van der Waals surface area contributed by atoms with E-state index in [1.54, 1.807) is 29.1 Å². The SMILES string of the molecule is C=CC(=O)N1CCN(C(C)=O)[C@@H](C)C1c1nc(-c2ccc(C(C)(O)c3ccccc3)cc2)c2c(N)nccn12. The molecule has 5 rings (SSSR count). The van der Waals surface area contributed by atoms with E-state index >= 15 is 0 Å². The lowest BCUT2D eigenvalue weighted by atomic mass is 9.87. The number of hydrogen-bond donors (Lipinski definition) is 2. The number of hydrogen-bond acceptors (Lipinski definition) is 6. The van der Waals surface area contributed by atoms with Crippen LogP contribution >= 0.6 is 0 Å². The number of imidazole rings is 1. The number of nitrogens with two attached hydrogens (primary N) is 1. The van der Waals surface area contributed by atoms with Crippen LogP contribution in [0.2, 0.25) is 0 Å². The summed E-state index contributed by atoms with van der Waals surface area (Å²) in [7, 11) is 0. The highest BCUT2D eigenvalue weighted by Gasteiger charge is 2.40. The molecule has 3 N–H and O–H groups in total. The van der Waals surface area contributed by atoms with Crippen LogP contribution in [0.1, 0.15) is 43.8 Å². The number of benzene rings is 2. The lowest BCUT2D eigenvalue weighted by molar-refractivity contribution is -0.143. The third-order valence-corrected chi connectivity index (χ3v) is 7.66. The van der Waals surface area contributed by atoms with Crippen LogP contribution in [0, 0.1) is 0 Å². The average molecular weight is 525 g/mol. The second-order valence-electron chi connectivity index (χ2n) is 10.00. The van der Waals surface area contributed by atoms with Gasteiger partial charge in [-0.2, -0.15) is 0 Å². The fourth-order valence-electron chi connectivity index (χ4n) is 5.53. The summed E-state index contributed by atoms with van der Waals surface area (Å²) in [6.45, 7) is 9.66. The summed E-state index contributed by atoms with van der Waals surface area (Å²) < 4.78 is 1.85. The van der Waals surface area contributed by atoms with Crippen molar-refractivity contribution >= 4 is 23.1 Å². The number of fused-ring (bicyclic) bond motifs is 1. The lowest BCUT2D eigenvalue weighted by Gasteiger charge is -2.45. The van der Waals surface area contributed by atoms with Crippen molar-refractivity contribution in [2.75, 3.05) is 18.8 Å². The first-order valence-corrected chi connectivity index (χ1v) is 12.9. The first-order chi connectivity index (χ1) is 18.6. The van der Waals surface area contributed by atoms with Crippen LogP contribution in [-0.4, -0.2) is 60.2 Å². The van der Waals surface area contributed by atoms with E-state index in [9.17, 15) is 14.7 Å². The number of anilines is 1. The molecule has 3 heterocycles. The van der Waals surface area contributed by atoms with Crippen molar-refractivity contribution < 1.29 is 14.7 Å². The average Bonchev–Trinajstić information content (AvgIpc) is 3.33. The second-order valence-corrected chi connectivity index (χ2v) is 10.00. The van der Waals surface area contributed by atoms with E-state index in [2.05, 4.69) is 11.6 Å². The highest BCUT2D eigenvalue weighted by molar-refractivity contribution is 5.88. The molecule has 200 valence electrons. The van der Waals surface area contributed by atoms with Crippen LogP contribution < -0.4 is 5.73 Å². The third-order valence-electron chi connectivity index (χ3n) is 7.66. The Morgan fingerprint density at radius 3 is 2.36 bits per heavy atom. The van der Waals surface area contributed by atoms with Gasteiger partial charge >= 0.3 is 0 Å². The van der Waals surface area contributed by atoms with E-state index in [1.165, 1.54) is 13.0 Å². The molecule has 0 bridgehead atoms. The molecule has 0 radical (unpaired) electrons. The molecule has 9 nitrogen and oxygen atoms in total. The lowest BCUT2D eigenvalue weighted by Crippen LogP contribution is -2.56. The fraction of sp³-hybridized carbons (Fsp3) is 0.267. The molecule has 0 saturated carbocycles. The maximum atomic E-state index is 12.9. The maximum absolute atomic E-state index is 12.9. The third kappa shape index (κ3) is 4.44. The summed E-state index contributed by atoms with van der Waals surface area (Å²) in [4.78, 5) is 38.1. The molecule has 0 aliphatic carbocycles. The maximum Gasteiger partial charge on any atom is 0.246 e. The molecule has 0 spiro atoms. The summed E-state index contributed by atoms with van der Waals surface area (Å²) in [5.74, 6) is 0.563. The van der Waals surface area contributed by atoms with E-state index < -0.39 is 11.6 Å². The Bertz CT molecular complexity index is 1540. The normalized spacial score (nSPS) is 19.1. The Morgan fingerprint density at radius 1 is 1.08 bits per heavy atom. The van der Waals surface area contributed by atoms with E-state index in [-0.39, 0.29) is 17.9 Å². The molecule has 3 atom stereocenters. The topological polar surface area (TPSA) is 117 Å². The van der Waals surface area contributed by atoms with Gasteiger partial charge < -0.3 is 20.6 Å². The zero-order valence-electron chi connectivity index (χ0n) is 22.3. The number of aromatic nitrogens is 3. The Balaban J connectivity index is 1.63. The number of nitrogens with zero attached hydrogens (tertiary/aromatic N) is 5.